The lowest BCUT2D eigenvalue weighted by atomic mass is 9.89. The van der Waals surface area contributed by atoms with E-state index in [1.807, 2.05) is 0 Å². The average molecular weight is 591 g/mol. The third-order valence-corrected chi connectivity index (χ3v) is 9.85. The van der Waals surface area contributed by atoms with Gasteiger partial charge in [0, 0.05) is 34.7 Å². The zero-order chi connectivity index (χ0) is 30.6. The van der Waals surface area contributed by atoms with Crippen molar-refractivity contribution < 1.29 is 0 Å². The Morgan fingerprint density at radius 3 is 2.04 bits per heavy atom. The van der Waals surface area contributed by atoms with E-state index in [-0.39, 0.29) is 0 Å². The maximum Gasteiger partial charge on any atom is 0.0540 e. The third kappa shape index (κ3) is 4.25. The van der Waals surface area contributed by atoms with Crippen LogP contribution in [0.5, 0.6) is 0 Å². The number of rotatable bonds is 5. The van der Waals surface area contributed by atoms with E-state index < -0.39 is 0 Å². The maximum absolute atomic E-state index is 2.47. The second-order valence-corrected chi connectivity index (χ2v) is 12.5. The molecule has 1 heterocycles. The molecule has 0 amide bonds. The first-order chi connectivity index (χ1) is 22.7. The number of benzene rings is 8. The first kappa shape index (κ1) is 26.8. The summed E-state index contributed by atoms with van der Waals surface area (Å²) in [6, 6.07) is 55.9. The van der Waals surface area contributed by atoms with E-state index >= 15 is 0 Å². The highest BCUT2D eigenvalue weighted by atomic mass is 15.1. The lowest BCUT2D eigenvalue weighted by Gasteiger charge is -2.31. The summed E-state index contributed by atoms with van der Waals surface area (Å²) in [7, 11) is 0. The van der Waals surface area contributed by atoms with E-state index in [1.54, 1.807) is 0 Å². The number of nitrogens with zero attached hydrogens (tertiary/aromatic N) is 2. The molecule has 0 aliphatic carbocycles. The Morgan fingerprint density at radius 2 is 1.22 bits per heavy atom. The number of para-hydroxylation sites is 3. The molecule has 0 atom stereocenters. The molecule has 8 aromatic rings. The first-order valence-corrected chi connectivity index (χ1v) is 16.3. The van der Waals surface area contributed by atoms with Crippen LogP contribution >= 0.6 is 0 Å². The predicted molar refractivity (Wildman–Crippen MR) is 197 cm³/mol. The summed E-state index contributed by atoms with van der Waals surface area (Å²) in [5, 5.41) is 7.76. The van der Waals surface area contributed by atoms with Gasteiger partial charge in [0.05, 0.1) is 5.69 Å². The first-order valence-electron chi connectivity index (χ1n) is 16.3. The van der Waals surface area contributed by atoms with Gasteiger partial charge in [-0.2, -0.15) is 0 Å². The van der Waals surface area contributed by atoms with Crippen molar-refractivity contribution in [2.24, 2.45) is 0 Å². The SMILES string of the molecule is Cc1ccccc1N(c1ccccc1)c1ccc2ccc3c(-c4ccc(N5CCCc6ccccc65)cc4)ccc4ccc1c2c43. The summed E-state index contributed by atoms with van der Waals surface area (Å²) in [6.45, 7) is 3.25. The summed E-state index contributed by atoms with van der Waals surface area (Å²) in [5.74, 6) is 0. The second kappa shape index (κ2) is 10.8. The second-order valence-electron chi connectivity index (χ2n) is 12.5. The highest BCUT2D eigenvalue weighted by molar-refractivity contribution is 6.27. The minimum absolute atomic E-state index is 1.06. The Labute approximate surface area is 270 Å². The van der Waals surface area contributed by atoms with E-state index in [2.05, 4.69) is 168 Å². The normalized spacial score (nSPS) is 13.0. The number of anilines is 5. The zero-order valence-corrected chi connectivity index (χ0v) is 25.9. The summed E-state index contributed by atoms with van der Waals surface area (Å²) >= 11 is 0. The molecule has 0 radical (unpaired) electrons. The van der Waals surface area contributed by atoms with Gasteiger partial charge in [0.25, 0.3) is 0 Å². The molecule has 1 aliphatic rings. The van der Waals surface area contributed by atoms with Crippen molar-refractivity contribution in [1.82, 2.24) is 0 Å². The molecule has 8 aromatic carbocycles. The van der Waals surface area contributed by atoms with Crippen LogP contribution in [0.3, 0.4) is 0 Å². The average Bonchev–Trinajstić information content (AvgIpc) is 3.12. The molecule has 1 aliphatic heterocycles. The monoisotopic (exact) mass is 590 g/mol. The molecule has 0 saturated heterocycles. The minimum atomic E-state index is 1.06. The van der Waals surface area contributed by atoms with E-state index in [4.69, 9.17) is 0 Å². The highest BCUT2D eigenvalue weighted by Gasteiger charge is 2.21. The van der Waals surface area contributed by atoms with Crippen molar-refractivity contribution in [3.8, 4) is 11.1 Å². The van der Waals surface area contributed by atoms with Gasteiger partial charge in [0.15, 0.2) is 0 Å². The quantitative estimate of drug-likeness (QED) is 0.184. The van der Waals surface area contributed by atoms with Gasteiger partial charge in [0.2, 0.25) is 0 Å². The molecule has 2 nitrogen and oxygen atoms in total. The lowest BCUT2D eigenvalue weighted by molar-refractivity contribution is 0.767. The molecule has 46 heavy (non-hydrogen) atoms. The van der Waals surface area contributed by atoms with Gasteiger partial charge in [-0.3, -0.25) is 0 Å². The van der Waals surface area contributed by atoms with Crippen LogP contribution in [0.2, 0.25) is 0 Å². The van der Waals surface area contributed by atoms with Gasteiger partial charge in [-0.05, 0) is 111 Å². The maximum atomic E-state index is 2.47. The molecule has 0 spiro atoms. The number of aryl methyl sites for hydroxylation is 2. The molecule has 0 fully saturated rings. The fourth-order valence-electron chi connectivity index (χ4n) is 7.65. The Hall–Kier alpha value is -5.60. The molecule has 0 aromatic heterocycles. The van der Waals surface area contributed by atoms with Crippen molar-refractivity contribution in [2.45, 2.75) is 19.8 Å². The molecule has 9 rings (SSSR count). The summed E-state index contributed by atoms with van der Waals surface area (Å²) < 4.78 is 0. The third-order valence-electron chi connectivity index (χ3n) is 9.85. The van der Waals surface area contributed by atoms with Gasteiger partial charge < -0.3 is 9.80 Å². The number of hydrogen-bond acceptors (Lipinski definition) is 2. The Balaban J connectivity index is 1.20. The fourth-order valence-corrected chi connectivity index (χ4v) is 7.65. The smallest absolute Gasteiger partial charge is 0.0540 e. The molecule has 220 valence electrons. The molecule has 0 unspecified atom stereocenters. The zero-order valence-electron chi connectivity index (χ0n) is 25.9. The van der Waals surface area contributed by atoms with Crippen molar-refractivity contribution in [3.05, 3.63) is 163 Å². The van der Waals surface area contributed by atoms with Gasteiger partial charge >= 0.3 is 0 Å². The Morgan fingerprint density at radius 1 is 0.543 bits per heavy atom. The number of hydrogen-bond donors (Lipinski definition) is 0. The predicted octanol–water partition coefficient (Wildman–Crippen LogP) is 12.1. The Kier molecular flexibility index (Phi) is 6.28. The molecule has 2 heteroatoms. The van der Waals surface area contributed by atoms with Crippen molar-refractivity contribution >= 4 is 60.8 Å². The Bertz CT molecular complexity index is 2350. The fraction of sp³-hybridized carbons (Fsp3) is 0.0909. The van der Waals surface area contributed by atoms with Gasteiger partial charge in [-0.15, -0.1) is 0 Å². The largest absolute Gasteiger partial charge is 0.341 e. The van der Waals surface area contributed by atoms with Crippen LogP contribution < -0.4 is 9.80 Å². The molecular formula is C44H34N2. The summed E-state index contributed by atoms with van der Waals surface area (Å²) in [4.78, 5) is 4.89. The van der Waals surface area contributed by atoms with Crippen LogP contribution in [-0.4, -0.2) is 6.54 Å². The number of fused-ring (bicyclic) bond motifs is 1. The van der Waals surface area contributed by atoms with E-state index in [1.165, 1.54) is 83.7 Å². The lowest BCUT2D eigenvalue weighted by Crippen LogP contribution is -2.24. The van der Waals surface area contributed by atoms with E-state index in [9.17, 15) is 0 Å². The van der Waals surface area contributed by atoms with Gasteiger partial charge in [-0.25, -0.2) is 0 Å². The standard InChI is InChI=1S/C44H34N2/c1-30-10-5-7-15-40(30)46(36-13-3-2-4-14-36)42-28-22-34-20-26-38-37(25-19-33-21-27-39(42)44(34)43(33)38)31-17-23-35(24-18-31)45-29-9-12-32-11-6-8-16-41(32)45/h2-8,10-11,13-28H,9,12,29H2,1H3. The highest BCUT2D eigenvalue weighted by Crippen LogP contribution is 2.46. The topological polar surface area (TPSA) is 6.48 Å². The van der Waals surface area contributed by atoms with Crippen LogP contribution in [0, 0.1) is 6.92 Å². The molecular weight excluding hydrogens is 556 g/mol. The van der Waals surface area contributed by atoms with Gasteiger partial charge in [0.1, 0.15) is 0 Å². The molecule has 0 saturated carbocycles. The van der Waals surface area contributed by atoms with Crippen LogP contribution in [0.4, 0.5) is 28.4 Å². The van der Waals surface area contributed by atoms with Crippen molar-refractivity contribution in [1.29, 1.82) is 0 Å². The summed E-state index contributed by atoms with van der Waals surface area (Å²) in [6.07, 6.45) is 2.34. The molecule has 0 N–H and O–H groups in total. The van der Waals surface area contributed by atoms with Crippen molar-refractivity contribution in [2.75, 3.05) is 16.3 Å². The van der Waals surface area contributed by atoms with E-state index in [0.29, 0.717) is 0 Å². The minimum Gasteiger partial charge on any atom is -0.341 e. The molecule has 0 bridgehead atoms. The van der Waals surface area contributed by atoms with Gasteiger partial charge in [-0.1, -0.05) is 109 Å². The van der Waals surface area contributed by atoms with Crippen molar-refractivity contribution in [3.63, 3.8) is 0 Å². The van der Waals surface area contributed by atoms with Crippen LogP contribution in [0.15, 0.2) is 152 Å². The van der Waals surface area contributed by atoms with Crippen LogP contribution in [-0.2, 0) is 6.42 Å². The summed E-state index contributed by atoms with van der Waals surface area (Å²) in [5.41, 5.74) is 11.4. The van der Waals surface area contributed by atoms with Crippen LogP contribution in [0.1, 0.15) is 17.5 Å². The van der Waals surface area contributed by atoms with E-state index in [0.717, 1.165) is 18.7 Å². The van der Waals surface area contributed by atoms with Crippen LogP contribution in [0.25, 0.3) is 43.4 Å².